The standard InChI is InChI=1S/C31H23Cl2N3O2S/c32-26-16-17-27(33)22(18-26)20-38-36-28(19-37)29-21-39-30(34-29)35-31(23-10-4-1-5-11-23,24-12-6-2-7-13-24)25-14-8-3-9-15-25/h1-19,21H,20H2,(H,34,35). The van der Waals surface area contributed by atoms with Crippen molar-refractivity contribution in [1.29, 1.82) is 0 Å². The molecule has 0 unspecified atom stereocenters. The van der Waals surface area contributed by atoms with Gasteiger partial charge in [-0.15, -0.1) is 11.3 Å². The minimum atomic E-state index is -0.739. The first-order valence-electron chi connectivity index (χ1n) is 12.1. The molecular weight excluding hydrogens is 549 g/mol. The van der Waals surface area contributed by atoms with Crippen LogP contribution in [0.1, 0.15) is 27.9 Å². The summed E-state index contributed by atoms with van der Waals surface area (Å²) in [4.78, 5) is 22.1. The minimum absolute atomic E-state index is 0.0606. The molecule has 0 aliphatic rings. The first kappa shape index (κ1) is 26.6. The lowest BCUT2D eigenvalue weighted by Gasteiger charge is -2.36. The van der Waals surface area contributed by atoms with E-state index < -0.39 is 5.54 Å². The number of aromatic nitrogens is 1. The van der Waals surface area contributed by atoms with Gasteiger partial charge in [-0.2, -0.15) is 0 Å². The lowest BCUT2D eigenvalue weighted by atomic mass is 9.77. The number of benzene rings is 4. The third kappa shape index (κ3) is 5.88. The van der Waals surface area contributed by atoms with Crippen LogP contribution in [0.25, 0.3) is 0 Å². The lowest BCUT2D eigenvalue weighted by molar-refractivity contribution is -0.102. The van der Waals surface area contributed by atoms with Gasteiger partial charge in [0.2, 0.25) is 0 Å². The molecule has 0 fully saturated rings. The van der Waals surface area contributed by atoms with Gasteiger partial charge in [0.15, 0.2) is 17.1 Å². The minimum Gasteiger partial charge on any atom is -0.390 e. The molecule has 0 radical (unpaired) electrons. The Morgan fingerprint density at radius 1 is 0.872 bits per heavy atom. The fourth-order valence-corrected chi connectivity index (χ4v) is 5.47. The Bertz CT molecular complexity index is 1480. The number of carbonyl (C=O) groups excluding carboxylic acids is 1. The molecule has 5 nitrogen and oxygen atoms in total. The number of rotatable bonds is 10. The summed E-state index contributed by atoms with van der Waals surface area (Å²) in [5.74, 6) is 0. The van der Waals surface area contributed by atoms with E-state index in [4.69, 9.17) is 33.0 Å². The highest BCUT2D eigenvalue weighted by molar-refractivity contribution is 7.14. The van der Waals surface area contributed by atoms with Gasteiger partial charge in [0, 0.05) is 21.0 Å². The average Bonchev–Trinajstić information content (AvgIpc) is 3.45. The Balaban J connectivity index is 1.49. The first-order valence-corrected chi connectivity index (χ1v) is 13.7. The molecule has 0 saturated carbocycles. The number of carbonyl (C=O) groups is 1. The molecule has 0 aliphatic carbocycles. The SMILES string of the molecule is O=CC(=NOCc1cc(Cl)ccc1Cl)c1csc(NC(c2ccccc2)(c2ccccc2)c2ccccc2)n1. The van der Waals surface area contributed by atoms with Gasteiger partial charge >= 0.3 is 0 Å². The molecule has 8 heteroatoms. The summed E-state index contributed by atoms with van der Waals surface area (Å²) in [6.45, 7) is 0.0606. The molecule has 0 spiro atoms. The van der Waals surface area contributed by atoms with E-state index in [1.165, 1.54) is 11.3 Å². The number of nitrogens with one attached hydrogen (secondary N) is 1. The fraction of sp³-hybridized carbons (Fsp3) is 0.0645. The zero-order valence-electron chi connectivity index (χ0n) is 20.6. The topological polar surface area (TPSA) is 63.6 Å². The molecule has 0 saturated heterocycles. The van der Waals surface area contributed by atoms with E-state index in [1.807, 2.05) is 54.6 Å². The van der Waals surface area contributed by atoms with Crippen molar-refractivity contribution in [2.24, 2.45) is 5.16 Å². The summed E-state index contributed by atoms with van der Waals surface area (Å²) in [6, 6.07) is 35.7. The van der Waals surface area contributed by atoms with E-state index >= 15 is 0 Å². The van der Waals surface area contributed by atoms with Crippen LogP contribution in [0.5, 0.6) is 0 Å². The fourth-order valence-electron chi connectivity index (χ4n) is 4.34. The molecular formula is C31H23Cl2N3O2S. The van der Waals surface area contributed by atoms with Crippen molar-refractivity contribution in [2.75, 3.05) is 5.32 Å². The van der Waals surface area contributed by atoms with Crippen molar-refractivity contribution < 1.29 is 9.63 Å². The average molecular weight is 573 g/mol. The van der Waals surface area contributed by atoms with Crippen LogP contribution in [0.3, 0.4) is 0 Å². The van der Waals surface area contributed by atoms with Crippen LogP contribution in [0.2, 0.25) is 10.0 Å². The van der Waals surface area contributed by atoms with Gasteiger partial charge in [-0.05, 0) is 34.9 Å². The molecule has 0 atom stereocenters. The van der Waals surface area contributed by atoms with E-state index in [1.54, 1.807) is 23.6 Å². The molecule has 4 aromatic carbocycles. The smallest absolute Gasteiger partial charge is 0.184 e. The monoisotopic (exact) mass is 571 g/mol. The third-order valence-corrected chi connectivity index (χ3v) is 7.55. The van der Waals surface area contributed by atoms with Crippen molar-refractivity contribution in [2.45, 2.75) is 12.1 Å². The van der Waals surface area contributed by atoms with Gasteiger partial charge in [0.1, 0.15) is 17.8 Å². The molecule has 39 heavy (non-hydrogen) atoms. The van der Waals surface area contributed by atoms with Gasteiger partial charge in [-0.1, -0.05) is 119 Å². The van der Waals surface area contributed by atoms with Gasteiger partial charge < -0.3 is 10.2 Å². The lowest BCUT2D eigenvalue weighted by Crippen LogP contribution is -2.38. The largest absolute Gasteiger partial charge is 0.390 e. The Kier molecular flexibility index (Phi) is 8.37. The number of anilines is 1. The normalized spacial score (nSPS) is 11.7. The van der Waals surface area contributed by atoms with E-state index in [0.29, 0.717) is 32.7 Å². The zero-order chi connectivity index (χ0) is 27.1. The maximum Gasteiger partial charge on any atom is 0.184 e. The highest BCUT2D eigenvalue weighted by atomic mass is 35.5. The zero-order valence-corrected chi connectivity index (χ0v) is 23.0. The van der Waals surface area contributed by atoms with E-state index in [0.717, 1.165) is 16.7 Å². The molecule has 1 aromatic heterocycles. The van der Waals surface area contributed by atoms with Gasteiger partial charge in [-0.25, -0.2) is 4.98 Å². The molecule has 5 aromatic rings. The summed E-state index contributed by atoms with van der Waals surface area (Å²) >= 11 is 13.6. The maximum atomic E-state index is 11.9. The number of halogens is 2. The number of oxime groups is 1. The van der Waals surface area contributed by atoms with E-state index in [-0.39, 0.29) is 12.3 Å². The van der Waals surface area contributed by atoms with Crippen LogP contribution >= 0.6 is 34.5 Å². The van der Waals surface area contributed by atoms with Gasteiger partial charge in [0.05, 0.1) is 0 Å². The highest BCUT2D eigenvalue weighted by Crippen LogP contribution is 2.40. The Hall–Kier alpha value is -3.97. The van der Waals surface area contributed by atoms with Crippen LogP contribution in [-0.2, 0) is 21.8 Å². The summed E-state index contributed by atoms with van der Waals surface area (Å²) < 4.78 is 0. The molecule has 194 valence electrons. The predicted octanol–water partition coefficient (Wildman–Crippen LogP) is 7.97. The predicted molar refractivity (Wildman–Crippen MR) is 159 cm³/mol. The van der Waals surface area contributed by atoms with Crippen molar-refractivity contribution in [3.8, 4) is 0 Å². The Labute approximate surface area is 240 Å². The van der Waals surface area contributed by atoms with Crippen LogP contribution in [0.15, 0.2) is 120 Å². The number of hydrogen-bond donors (Lipinski definition) is 1. The van der Waals surface area contributed by atoms with Crippen LogP contribution < -0.4 is 5.32 Å². The molecule has 1 heterocycles. The van der Waals surface area contributed by atoms with Crippen molar-refractivity contribution in [1.82, 2.24) is 4.98 Å². The Morgan fingerprint density at radius 2 is 1.44 bits per heavy atom. The third-order valence-electron chi connectivity index (χ3n) is 6.18. The second-order valence-electron chi connectivity index (χ2n) is 8.61. The van der Waals surface area contributed by atoms with Crippen molar-refractivity contribution in [3.63, 3.8) is 0 Å². The van der Waals surface area contributed by atoms with Gasteiger partial charge in [0.25, 0.3) is 0 Å². The van der Waals surface area contributed by atoms with Crippen LogP contribution in [0, 0.1) is 0 Å². The highest BCUT2D eigenvalue weighted by Gasteiger charge is 2.37. The van der Waals surface area contributed by atoms with Crippen LogP contribution in [0.4, 0.5) is 5.13 Å². The summed E-state index contributed by atoms with van der Waals surface area (Å²) in [5, 5.41) is 11.2. The molecule has 0 bridgehead atoms. The maximum absolute atomic E-state index is 11.9. The summed E-state index contributed by atoms with van der Waals surface area (Å²) in [6.07, 6.45) is 0.622. The number of hydrogen-bond acceptors (Lipinski definition) is 6. The summed E-state index contributed by atoms with van der Waals surface area (Å²) in [7, 11) is 0. The quantitative estimate of drug-likeness (QED) is 0.0798. The van der Waals surface area contributed by atoms with Crippen molar-refractivity contribution >= 4 is 51.7 Å². The second-order valence-corrected chi connectivity index (χ2v) is 10.3. The molecule has 1 N–H and O–H groups in total. The first-order chi connectivity index (χ1) is 19.1. The molecule has 0 aliphatic heterocycles. The van der Waals surface area contributed by atoms with Gasteiger partial charge in [-0.3, -0.25) is 4.79 Å². The van der Waals surface area contributed by atoms with Crippen molar-refractivity contribution in [3.05, 3.63) is 153 Å². The number of thiazole rings is 1. The molecule has 0 amide bonds. The molecule has 5 rings (SSSR count). The van der Waals surface area contributed by atoms with E-state index in [9.17, 15) is 4.79 Å². The number of aldehydes is 1. The summed E-state index contributed by atoms with van der Waals surface area (Å²) in [5.41, 5.74) is 3.54. The Morgan fingerprint density at radius 3 is 1.97 bits per heavy atom. The van der Waals surface area contributed by atoms with E-state index in [2.05, 4.69) is 46.9 Å². The number of nitrogens with zero attached hydrogens (tertiary/aromatic N) is 2. The van der Waals surface area contributed by atoms with Crippen LogP contribution in [-0.4, -0.2) is 17.0 Å². The second kappa shape index (κ2) is 12.3.